The summed E-state index contributed by atoms with van der Waals surface area (Å²) in [5.41, 5.74) is 1.31. The molecule has 20 heavy (non-hydrogen) atoms. The number of hydrogen-bond acceptors (Lipinski definition) is 3. The van der Waals surface area contributed by atoms with Gasteiger partial charge in [0, 0.05) is 0 Å². The van der Waals surface area contributed by atoms with Gasteiger partial charge in [0.1, 0.15) is 0 Å². The van der Waals surface area contributed by atoms with E-state index in [0.717, 1.165) is 31.0 Å². The van der Waals surface area contributed by atoms with Crippen molar-refractivity contribution in [3.63, 3.8) is 0 Å². The van der Waals surface area contributed by atoms with Crippen molar-refractivity contribution in [2.45, 2.75) is 40.5 Å². The van der Waals surface area contributed by atoms with Gasteiger partial charge in [0.25, 0.3) is 0 Å². The van der Waals surface area contributed by atoms with E-state index in [1.165, 1.54) is 12.0 Å². The Labute approximate surface area is 123 Å². The molecule has 0 spiro atoms. The van der Waals surface area contributed by atoms with Crippen molar-refractivity contribution in [2.24, 2.45) is 5.92 Å². The van der Waals surface area contributed by atoms with Gasteiger partial charge in [-0.1, -0.05) is 19.9 Å². The van der Waals surface area contributed by atoms with E-state index >= 15 is 0 Å². The Hall–Kier alpha value is -1.22. The summed E-state index contributed by atoms with van der Waals surface area (Å²) in [6.45, 7) is 11.9. The lowest BCUT2D eigenvalue weighted by atomic mass is 10.0. The van der Waals surface area contributed by atoms with Crippen LogP contribution in [0.5, 0.6) is 11.5 Å². The summed E-state index contributed by atoms with van der Waals surface area (Å²) in [5, 5.41) is 3.47. The van der Waals surface area contributed by atoms with Crippen LogP contribution in [0.2, 0.25) is 0 Å². The highest BCUT2D eigenvalue weighted by Crippen LogP contribution is 2.29. The lowest BCUT2D eigenvalue weighted by Crippen LogP contribution is -2.23. The lowest BCUT2D eigenvalue weighted by Gasteiger charge is -2.15. The monoisotopic (exact) mass is 279 g/mol. The second-order valence-electron chi connectivity index (χ2n) is 5.16. The molecule has 1 atom stereocenters. The molecule has 0 bridgehead atoms. The molecule has 1 N–H and O–H groups in total. The van der Waals surface area contributed by atoms with Crippen molar-refractivity contribution >= 4 is 0 Å². The molecular formula is C17H29NO2. The van der Waals surface area contributed by atoms with Gasteiger partial charge in [-0.3, -0.25) is 0 Å². The average molecular weight is 279 g/mol. The van der Waals surface area contributed by atoms with E-state index in [2.05, 4.69) is 31.3 Å². The predicted molar refractivity (Wildman–Crippen MR) is 84.8 cm³/mol. The van der Waals surface area contributed by atoms with Crippen LogP contribution in [0.4, 0.5) is 0 Å². The first-order valence-corrected chi connectivity index (χ1v) is 7.80. The van der Waals surface area contributed by atoms with E-state index in [1.54, 1.807) is 0 Å². The van der Waals surface area contributed by atoms with Crippen LogP contribution in [-0.4, -0.2) is 26.3 Å². The van der Waals surface area contributed by atoms with Gasteiger partial charge in [-0.15, -0.1) is 0 Å². The zero-order valence-electron chi connectivity index (χ0n) is 13.4. The van der Waals surface area contributed by atoms with E-state index in [9.17, 15) is 0 Å². The summed E-state index contributed by atoms with van der Waals surface area (Å²) in [6.07, 6.45) is 2.24. The minimum absolute atomic E-state index is 0.619. The fourth-order valence-electron chi connectivity index (χ4n) is 2.22. The topological polar surface area (TPSA) is 30.5 Å². The molecule has 1 unspecified atom stereocenters. The van der Waals surface area contributed by atoms with Crippen molar-refractivity contribution in [2.75, 3.05) is 26.3 Å². The molecule has 0 aromatic heterocycles. The first kappa shape index (κ1) is 16.8. The van der Waals surface area contributed by atoms with Gasteiger partial charge >= 0.3 is 0 Å². The van der Waals surface area contributed by atoms with Crippen molar-refractivity contribution in [3.8, 4) is 11.5 Å². The molecule has 0 aliphatic carbocycles. The van der Waals surface area contributed by atoms with Crippen molar-refractivity contribution in [1.29, 1.82) is 0 Å². The Bertz CT molecular complexity index is 379. The molecule has 0 saturated heterocycles. The molecule has 0 radical (unpaired) electrons. The number of hydrogen-bond donors (Lipinski definition) is 1. The highest BCUT2D eigenvalue weighted by molar-refractivity contribution is 5.43. The van der Waals surface area contributed by atoms with E-state index in [-0.39, 0.29) is 0 Å². The average Bonchev–Trinajstić information content (AvgIpc) is 2.42. The fraction of sp³-hybridized carbons (Fsp3) is 0.647. The first-order valence-electron chi connectivity index (χ1n) is 7.80. The molecule has 1 rings (SSSR count). The third-order valence-corrected chi connectivity index (χ3v) is 3.11. The highest BCUT2D eigenvalue weighted by atomic mass is 16.5. The summed E-state index contributed by atoms with van der Waals surface area (Å²) in [7, 11) is 0. The Morgan fingerprint density at radius 1 is 1.05 bits per heavy atom. The minimum Gasteiger partial charge on any atom is -0.490 e. The normalized spacial score (nSPS) is 12.2. The second-order valence-corrected chi connectivity index (χ2v) is 5.16. The molecule has 0 aliphatic heterocycles. The minimum atomic E-state index is 0.619. The molecule has 3 nitrogen and oxygen atoms in total. The standard InChI is InChI=1S/C17H29NO2/c1-5-10-18-13-14(4)11-15-8-9-16(19-6-2)17(12-15)20-7-3/h8-9,12,14,18H,5-7,10-11,13H2,1-4H3. The molecular weight excluding hydrogens is 250 g/mol. The van der Waals surface area contributed by atoms with E-state index in [0.29, 0.717) is 19.1 Å². The predicted octanol–water partition coefficient (Wildman–Crippen LogP) is 3.66. The maximum atomic E-state index is 5.67. The molecule has 0 aliphatic rings. The number of nitrogens with one attached hydrogen (secondary N) is 1. The first-order chi connectivity index (χ1) is 9.71. The van der Waals surface area contributed by atoms with E-state index in [1.807, 2.05) is 19.9 Å². The van der Waals surface area contributed by atoms with Crippen LogP contribution in [0, 0.1) is 5.92 Å². The summed E-state index contributed by atoms with van der Waals surface area (Å²) in [6, 6.07) is 6.28. The van der Waals surface area contributed by atoms with Gasteiger partial charge in [0.05, 0.1) is 13.2 Å². The van der Waals surface area contributed by atoms with Crippen LogP contribution in [0.1, 0.15) is 39.7 Å². The third kappa shape index (κ3) is 5.83. The van der Waals surface area contributed by atoms with Crippen molar-refractivity contribution in [1.82, 2.24) is 5.32 Å². The van der Waals surface area contributed by atoms with E-state index in [4.69, 9.17) is 9.47 Å². The molecule has 3 heteroatoms. The van der Waals surface area contributed by atoms with Crippen LogP contribution in [0.3, 0.4) is 0 Å². The largest absolute Gasteiger partial charge is 0.490 e. The SMILES string of the molecule is CCCNCC(C)Cc1ccc(OCC)c(OCC)c1. The molecule has 0 heterocycles. The molecule has 0 amide bonds. The van der Waals surface area contributed by atoms with Crippen LogP contribution >= 0.6 is 0 Å². The molecule has 0 fully saturated rings. The van der Waals surface area contributed by atoms with E-state index < -0.39 is 0 Å². The summed E-state index contributed by atoms with van der Waals surface area (Å²) in [5.74, 6) is 2.32. The number of ether oxygens (including phenoxy) is 2. The highest BCUT2D eigenvalue weighted by Gasteiger charge is 2.09. The van der Waals surface area contributed by atoms with Gasteiger partial charge in [-0.05, 0) is 63.4 Å². The summed E-state index contributed by atoms with van der Waals surface area (Å²) in [4.78, 5) is 0. The molecule has 0 saturated carbocycles. The maximum Gasteiger partial charge on any atom is 0.161 e. The Morgan fingerprint density at radius 3 is 2.40 bits per heavy atom. The Balaban J connectivity index is 2.63. The number of benzene rings is 1. The van der Waals surface area contributed by atoms with Crippen molar-refractivity contribution < 1.29 is 9.47 Å². The lowest BCUT2D eigenvalue weighted by molar-refractivity contribution is 0.287. The third-order valence-electron chi connectivity index (χ3n) is 3.11. The van der Waals surface area contributed by atoms with Crippen LogP contribution in [0.15, 0.2) is 18.2 Å². The summed E-state index contributed by atoms with van der Waals surface area (Å²) >= 11 is 0. The molecule has 1 aromatic rings. The zero-order chi connectivity index (χ0) is 14.8. The fourth-order valence-corrected chi connectivity index (χ4v) is 2.22. The van der Waals surface area contributed by atoms with Crippen LogP contribution in [0.25, 0.3) is 0 Å². The second kappa shape index (κ2) is 9.65. The van der Waals surface area contributed by atoms with Gasteiger partial charge in [-0.25, -0.2) is 0 Å². The zero-order valence-corrected chi connectivity index (χ0v) is 13.4. The van der Waals surface area contributed by atoms with Crippen molar-refractivity contribution in [3.05, 3.63) is 23.8 Å². The summed E-state index contributed by atoms with van der Waals surface area (Å²) < 4.78 is 11.3. The maximum absolute atomic E-state index is 5.67. The molecule has 114 valence electrons. The Morgan fingerprint density at radius 2 is 1.75 bits per heavy atom. The molecule has 1 aromatic carbocycles. The quantitative estimate of drug-likeness (QED) is 0.663. The van der Waals surface area contributed by atoms with Crippen LogP contribution < -0.4 is 14.8 Å². The smallest absolute Gasteiger partial charge is 0.161 e. The van der Waals surface area contributed by atoms with Gasteiger partial charge in [-0.2, -0.15) is 0 Å². The van der Waals surface area contributed by atoms with Gasteiger partial charge < -0.3 is 14.8 Å². The van der Waals surface area contributed by atoms with Crippen LogP contribution in [-0.2, 0) is 6.42 Å². The van der Waals surface area contributed by atoms with Gasteiger partial charge in [0.2, 0.25) is 0 Å². The van der Waals surface area contributed by atoms with Gasteiger partial charge in [0.15, 0.2) is 11.5 Å². The number of rotatable bonds is 10. The Kier molecular flexibility index (Phi) is 8.12.